The average molecular weight is 401 g/mol. The highest BCUT2D eigenvalue weighted by atomic mass is 79.9. The van der Waals surface area contributed by atoms with Crippen LogP contribution in [0.5, 0.6) is 5.75 Å². The number of amides is 1. The molecule has 114 valence electrons. The topological polar surface area (TPSA) is 38.3 Å². The Morgan fingerprint density at radius 3 is 2.64 bits per heavy atom. The SMILES string of the molecule is COc1ccc(NC(=O)/C=C/c2ccc(Cl)cc2Cl)cc1Br. The van der Waals surface area contributed by atoms with E-state index in [0.29, 0.717) is 21.5 Å². The summed E-state index contributed by atoms with van der Waals surface area (Å²) in [7, 11) is 1.58. The molecular formula is C16H12BrCl2NO2. The van der Waals surface area contributed by atoms with Gasteiger partial charge < -0.3 is 10.1 Å². The fourth-order valence-electron chi connectivity index (χ4n) is 1.73. The fourth-order valence-corrected chi connectivity index (χ4v) is 2.74. The zero-order chi connectivity index (χ0) is 16.1. The maximum atomic E-state index is 11.9. The van der Waals surface area contributed by atoms with E-state index in [1.54, 1.807) is 49.6 Å². The molecule has 0 aliphatic rings. The van der Waals surface area contributed by atoms with Gasteiger partial charge in [-0.15, -0.1) is 0 Å². The Hall–Kier alpha value is -1.49. The van der Waals surface area contributed by atoms with E-state index in [9.17, 15) is 4.79 Å². The van der Waals surface area contributed by atoms with Crippen LogP contribution in [0.2, 0.25) is 10.0 Å². The number of carbonyl (C=O) groups is 1. The third kappa shape index (κ3) is 4.50. The Morgan fingerprint density at radius 2 is 2.00 bits per heavy atom. The van der Waals surface area contributed by atoms with Crippen LogP contribution in [0.4, 0.5) is 5.69 Å². The second-order valence-corrected chi connectivity index (χ2v) is 6.04. The van der Waals surface area contributed by atoms with Gasteiger partial charge in [0.05, 0.1) is 11.6 Å². The van der Waals surface area contributed by atoms with Crippen molar-refractivity contribution in [1.82, 2.24) is 0 Å². The first-order valence-electron chi connectivity index (χ1n) is 6.27. The Bertz CT molecular complexity index is 732. The highest BCUT2D eigenvalue weighted by Gasteiger charge is 2.04. The number of ether oxygens (including phenoxy) is 1. The maximum absolute atomic E-state index is 11.9. The van der Waals surface area contributed by atoms with Gasteiger partial charge in [-0.25, -0.2) is 0 Å². The second kappa shape index (κ2) is 7.68. The van der Waals surface area contributed by atoms with Gasteiger partial charge in [-0.2, -0.15) is 0 Å². The Balaban J connectivity index is 2.06. The summed E-state index contributed by atoms with van der Waals surface area (Å²) >= 11 is 15.2. The van der Waals surface area contributed by atoms with Crippen LogP contribution < -0.4 is 10.1 Å². The minimum absolute atomic E-state index is 0.261. The number of benzene rings is 2. The molecule has 2 rings (SSSR count). The molecule has 0 atom stereocenters. The molecule has 0 spiro atoms. The summed E-state index contributed by atoms with van der Waals surface area (Å²) in [6.45, 7) is 0. The standard InChI is InChI=1S/C16H12BrCl2NO2/c1-22-15-6-5-12(9-13(15)17)20-16(21)7-3-10-2-4-11(18)8-14(10)19/h2-9H,1H3,(H,20,21)/b7-3+. The monoisotopic (exact) mass is 399 g/mol. The van der Waals surface area contributed by atoms with Gasteiger partial charge in [0.2, 0.25) is 5.91 Å². The molecule has 1 amide bonds. The summed E-state index contributed by atoms with van der Waals surface area (Å²) in [5.41, 5.74) is 1.38. The van der Waals surface area contributed by atoms with Crippen molar-refractivity contribution in [3.05, 3.63) is 62.6 Å². The lowest BCUT2D eigenvalue weighted by atomic mass is 10.2. The number of hydrogen-bond acceptors (Lipinski definition) is 2. The van der Waals surface area contributed by atoms with Crippen LogP contribution >= 0.6 is 39.1 Å². The number of nitrogens with one attached hydrogen (secondary N) is 1. The van der Waals surface area contributed by atoms with Gasteiger partial charge in [0.25, 0.3) is 0 Å². The van der Waals surface area contributed by atoms with Crippen molar-refractivity contribution in [2.75, 3.05) is 12.4 Å². The first kappa shape index (κ1) is 16.9. The second-order valence-electron chi connectivity index (χ2n) is 4.34. The summed E-state index contributed by atoms with van der Waals surface area (Å²) in [5, 5.41) is 3.79. The molecule has 0 radical (unpaired) electrons. The van der Waals surface area contributed by atoms with Gasteiger partial charge in [-0.3, -0.25) is 4.79 Å². The molecule has 2 aromatic carbocycles. The highest BCUT2D eigenvalue weighted by Crippen LogP contribution is 2.27. The van der Waals surface area contributed by atoms with E-state index in [-0.39, 0.29) is 5.91 Å². The molecule has 0 heterocycles. The summed E-state index contributed by atoms with van der Waals surface area (Å²) in [6, 6.07) is 10.4. The van der Waals surface area contributed by atoms with Crippen LogP contribution in [0.3, 0.4) is 0 Å². The molecule has 2 aromatic rings. The molecule has 0 saturated carbocycles. The summed E-state index contributed by atoms with van der Waals surface area (Å²) in [6.07, 6.45) is 3.04. The molecule has 6 heteroatoms. The van der Waals surface area contributed by atoms with Crippen molar-refractivity contribution >= 4 is 56.8 Å². The first-order valence-corrected chi connectivity index (χ1v) is 7.82. The van der Waals surface area contributed by atoms with Gasteiger partial charge >= 0.3 is 0 Å². The molecule has 0 aliphatic heterocycles. The van der Waals surface area contributed by atoms with Crippen LogP contribution in [0.1, 0.15) is 5.56 Å². The average Bonchev–Trinajstić information content (AvgIpc) is 2.46. The molecule has 0 aliphatic carbocycles. The third-order valence-electron chi connectivity index (χ3n) is 2.80. The Kier molecular flexibility index (Phi) is 5.89. The highest BCUT2D eigenvalue weighted by molar-refractivity contribution is 9.10. The summed E-state index contributed by atoms with van der Waals surface area (Å²) in [5.74, 6) is 0.435. The van der Waals surface area contributed by atoms with E-state index in [1.807, 2.05) is 0 Å². The molecule has 0 saturated heterocycles. The molecule has 0 bridgehead atoms. The number of rotatable bonds is 4. The van der Waals surface area contributed by atoms with Gasteiger partial charge in [-0.1, -0.05) is 29.3 Å². The van der Waals surface area contributed by atoms with Gasteiger partial charge in [0.1, 0.15) is 5.75 Å². The third-order valence-corrected chi connectivity index (χ3v) is 3.98. The van der Waals surface area contributed by atoms with Crippen molar-refractivity contribution in [2.24, 2.45) is 0 Å². The largest absolute Gasteiger partial charge is 0.496 e. The number of anilines is 1. The molecule has 0 fully saturated rings. The van der Waals surface area contributed by atoms with Crippen LogP contribution in [0.25, 0.3) is 6.08 Å². The molecular weight excluding hydrogens is 389 g/mol. The quantitative estimate of drug-likeness (QED) is 0.696. The maximum Gasteiger partial charge on any atom is 0.248 e. The molecule has 1 N–H and O–H groups in total. The fraction of sp³-hybridized carbons (Fsp3) is 0.0625. The van der Waals surface area contributed by atoms with Crippen molar-refractivity contribution in [3.8, 4) is 5.75 Å². The van der Waals surface area contributed by atoms with Crippen LogP contribution in [-0.2, 0) is 4.79 Å². The van der Waals surface area contributed by atoms with E-state index in [4.69, 9.17) is 27.9 Å². The van der Waals surface area contributed by atoms with Crippen molar-refractivity contribution in [2.45, 2.75) is 0 Å². The van der Waals surface area contributed by atoms with Gasteiger partial charge in [0.15, 0.2) is 0 Å². The van der Waals surface area contributed by atoms with E-state index in [0.717, 1.165) is 10.0 Å². The minimum Gasteiger partial charge on any atom is -0.496 e. The normalized spacial score (nSPS) is 10.7. The van der Waals surface area contributed by atoms with Gasteiger partial charge in [0, 0.05) is 21.8 Å². The zero-order valence-electron chi connectivity index (χ0n) is 11.6. The summed E-state index contributed by atoms with van der Waals surface area (Å²) in [4.78, 5) is 11.9. The summed E-state index contributed by atoms with van der Waals surface area (Å²) < 4.78 is 5.90. The molecule has 0 unspecified atom stereocenters. The lowest BCUT2D eigenvalue weighted by Crippen LogP contribution is -2.07. The smallest absolute Gasteiger partial charge is 0.248 e. The Morgan fingerprint density at radius 1 is 1.23 bits per heavy atom. The van der Waals surface area contributed by atoms with Crippen molar-refractivity contribution in [1.29, 1.82) is 0 Å². The minimum atomic E-state index is -0.261. The van der Waals surface area contributed by atoms with E-state index in [2.05, 4.69) is 21.2 Å². The number of hydrogen-bond donors (Lipinski definition) is 1. The van der Waals surface area contributed by atoms with Crippen LogP contribution in [-0.4, -0.2) is 13.0 Å². The van der Waals surface area contributed by atoms with Crippen LogP contribution in [0.15, 0.2) is 46.9 Å². The van der Waals surface area contributed by atoms with E-state index < -0.39 is 0 Å². The zero-order valence-corrected chi connectivity index (χ0v) is 14.7. The first-order chi connectivity index (χ1) is 10.5. The van der Waals surface area contributed by atoms with Crippen molar-refractivity contribution in [3.63, 3.8) is 0 Å². The number of carbonyl (C=O) groups excluding carboxylic acids is 1. The van der Waals surface area contributed by atoms with E-state index in [1.165, 1.54) is 6.08 Å². The lowest BCUT2D eigenvalue weighted by molar-refractivity contribution is -0.111. The lowest BCUT2D eigenvalue weighted by Gasteiger charge is -2.06. The number of methoxy groups -OCH3 is 1. The molecule has 0 aromatic heterocycles. The predicted molar refractivity (Wildman–Crippen MR) is 94.8 cm³/mol. The number of halogens is 3. The van der Waals surface area contributed by atoms with E-state index >= 15 is 0 Å². The molecule has 3 nitrogen and oxygen atoms in total. The van der Waals surface area contributed by atoms with Crippen molar-refractivity contribution < 1.29 is 9.53 Å². The van der Waals surface area contributed by atoms with Crippen LogP contribution in [0, 0.1) is 0 Å². The Labute approximate surface area is 147 Å². The van der Waals surface area contributed by atoms with Gasteiger partial charge in [-0.05, 0) is 57.9 Å². The predicted octanol–water partition coefficient (Wildman–Crippen LogP) is 5.42. The molecule has 22 heavy (non-hydrogen) atoms.